The van der Waals surface area contributed by atoms with E-state index >= 15 is 0 Å². The van der Waals surface area contributed by atoms with Crippen LogP contribution in [0.2, 0.25) is 0 Å². The number of anilines is 1. The van der Waals surface area contributed by atoms with Crippen molar-refractivity contribution in [2.45, 2.75) is 12.5 Å². The molecular weight excluding hydrogens is 300 g/mol. The number of fused-ring (bicyclic) bond motifs is 1. The monoisotopic (exact) mass is 318 g/mol. The molecule has 1 aliphatic heterocycles. The van der Waals surface area contributed by atoms with Gasteiger partial charge in [-0.3, -0.25) is 4.40 Å². The summed E-state index contributed by atoms with van der Waals surface area (Å²) >= 11 is 0. The maximum atomic E-state index is 9.45. The van der Waals surface area contributed by atoms with Crippen LogP contribution in [-0.4, -0.2) is 22.5 Å². The van der Waals surface area contributed by atoms with Crippen molar-refractivity contribution < 1.29 is 4.74 Å². The molecule has 1 aromatic carbocycles. The number of rotatable bonds is 4. The van der Waals surface area contributed by atoms with Crippen LogP contribution < -0.4 is 5.32 Å². The predicted molar refractivity (Wildman–Crippen MR) is 91.6 cm³/mol. The summed E-state index contributed by atoms with van der Waals surface area (Å²) in [5, 5.41) is 12.8. The zero-order valence-corrected chi connectivity index (χ0v) is 13.2. The largest absolute Gasteiger partial charge is 0.373 e. The van der Waals surface area contributed by atoms with Crippen LogP contribution in [0.25, 0.3) is 5.65 Å². The fourth-order valence-electron chi connectivity index (χ4n) is 3.31. The summed E-state index contributed by atoms with van der Waals surface area (Å²) in [6, 6.07) is 18.3. The molecule has 5 heteroatoms. The van der Waals surface area contributed by atoms with Gasteiger partial charge in [0.05, 0.1) is 6.10 Å². The highest BCUT2D eigenvalue weighted by Crippen LogP contribution is 2.34. The number of hydrogen-bond acceptors (Lipinski definition) is 4. The van der Waals surface area contributed by atoms with E-state index in [-0.39, 0.29) is 6.10 Å². The molecule has 0 aliphatic carbocycles. The number of nitrogens with zero attached hydrogens (tertiary/aromatic N) is 3. The van der Waals surface area contributed by atoms with E-state index in [9.17, 15) is 5.26 Å². The van der Waals surface area contributed by atoms with Gasteiger partial charge >= 0.3 is 0 Å². The number of hydrogen-bond donors (Lipinski definition) is 1. The molecule has 0 spiro atoms. The van der Waals surface area contributed by atoms with E-state index in [2.05, 4.69) is 28.5 Å². The average molecular weight is 318 g/mol. The molecule has 3 aromatic rings. The molecule has 1 aliphatic rings. The lowest BCUT2D eigenvalue weighted by atomic mass is 9.95. The van der Waals surface area contributed by atoms with Crippen molar-refractivity contribution in [3.63, 3.8) is 0 Å². The first-order valence-corrected chi connectivity index (χ1v) is 8.14. The highest BCUT2D eigenvalue weighted by molar-refractivity contribution is 5.58. The first-order chi connectivity index (χ1) is 11.9. The Kier molecular flexibility index (Phi) is 3.89. The van der Waals surface area contributed by atoms with Crippen molar-refractivity contribution in [1.82, 2.24) is 9.38 Å². The van der Waals surface area contributed by atoms with Gasteiger partial charge in [-0.05, 0) is 24.1 Å². The zero-order chi connectivity index (χ0) is 16.4. The van der Waals surface area contributed by atoms with E-state index in [1.807, 2.05) is 47.0 Å². The van der Waals surface area contributed by atoms with Gasteiger partial charge in [-0.25, -0.2) is 4.98 Å². The van der Waals surface area contributed by atoms with Gasteiger partial charge < -0.3 is 10.1 Å². The summed E-state index contributed by atoms with van der Waals surface area (Å²) in [7, 11) is 0. The van der Waals surface area contributed by atoms with E-state index in [0.717, 1.165) is 25.2 Å². The molecule has 0 saturated carbocycles. The topological polar surface area (TPSA) is 62.3 Å². The van der Waals surface area contributed by atoms with Crippen molar-refractivity contribution in [2.75, 3.05) is 18.5 Å². The second kappa shape index (κ2) is 6.34. The lowest BCUT2D eigenvalue weighted by Gasteiger charge is -2.19. The lowest BCUT2D eigenvalue weighted by Crippen LogP contribution is -2.18. The zero-order valence-electron chi connectivity index (χ0n) is 13.2. The predicted octanol–water partition coefficient (Wildman–Crippen LogP) is 3.40. The maximum Gasteiger partial charge on any atom is 0.168 e. The van der Waals surface area contributed by atoms with Gasteiger partial charge in [-0.2, -0.15) is 5.26 Å². The van der Waals surface area contributed by atoms with E-state index in [4.69, 9.17) is 4.74 Å². The minimum absolute atomic E-state index is 0.0984. The van der Waals surface area contributed by atoms with Gasteiger partial charge in [0.25, 0.3) is 0 Å². The summed E-state index contributed by atoms with van der Waals surface area (Å²) < 4.78 is 7.73. The standard InChI is InChI=1S/C19H18N4O/c20-12-16-19(22-17-8-4-5-10-23(16)17)21-13-15-9-11-24-18(15)14-6-2-1-3-7-14/h1-8,10,15,18,21H,9,11,13H2/t15-,18+/m0/s1. The Morgan fingerprint density at radius 2 is 2.04 bits per heavy atom. The summed E-state index contributed by atoms with van der Waals surface area (Å²) in [6.45, 7) is 1.50. The molecule has 1 N–H and O–H groups in total. The average Bonchev–Trinajstić information content (AvgIpc) is 3.24. The smallest absolute Gasteiger partial charge is 0.168 e. The molecule has 2 aromatic heterocycles. The van der Waals surface area contributed by atoms with Crippen LogP contribution in [0.4, 0.5) is 5.82 Å². The minimum atomic E-state index is 0.0984. The van der Waals surface area contributed by atoms with Crippen molar-refractivity contribution in [2.24, 2.45) is 5.92 Å². The minimum Gasteiger partial charge on any atom is -0.373 e. The van der Waals surface area contributed by atoms with E-state index < -0.39 is 0 Å². The van der Waals surface area contributed by atoms with E-state index in [0.29, 0.717) is 17.4 Å². The molecule has 4 rings (SSSR count). The van der Waals surface area contributed by atoms with Crippen molar-refractivity contribution in [1.29, 1.82) is 5.26 Å². The Balaban J connectivity index is 1.54. The molecule has 1 fully saturated rings. The Labute approximate surface area is 140 Å². The van der Waals surface area contributed by atoms with Gasteiger partial charge in [0, 0.05) is 25.3 Å². The van der Waals surface area contributed by atoms with Gasteiger partial charge in [0.2, 0.25) is 0 Å². The Morgan fingerprint density at radius 3 is 2.88 bits per heavy atom. The molecule has 5 nitrogen and oxygen atoms in total. The molecule has 0 radical (unpaired) electrons. The number of pyridine rings is 1. The van der Waals surface area contributed by atoms with Gasteiger partial charge in [0.1, 0.15) is 11.7 Å². The Bertz CT molecular complexity index is 881. The molecule has 1 saturated heterocycles. The lowest BCUT2D eigenvalue weighted by molar-refractivity contribution is 0.0933. The number of nitriles is 1. The summed E-state index contributed by atoms with van der Waals surface area (Å²) in [5.74, 6) is 1.01. The maximum absolute atomic E-state index is 9.45. The molecule has 0 unspecified atom stereocenters. The summed E-state index contributed by atoms with van der Waals surface area (Å²) in [6.07, 6.45) is 2.96. The SMILES string of the molecule is N#Cc1c(NC[C@@H]2CCO[C@@H]2c2ccccc2)nc2ccccn12. The van der Waals surface area contributed by atoms with Crippen LogP contribution in [0.15, 0.2) is 54.7 Å². The number of imidazole rings is 1. The van der Waals surface area contributed by atoms with Gasteiger partial charge in [0.15, 0.2) is 11.5 Å². The van der Waals surface area contributed by atoms with Crippen LogP contribution in [0.5, 0.6) is 0 Å². The van der Waals surface area contributed by atoms with Crippen molar-refractivity contribution in [3.05, 3.63) is 66.0 Å². The summed E-state index contributed by atoms with van der Waals surface area (Å²) in [5.41, 5.74) is 2.52. The van der Waals surface area contributed by atoms with Crippen molar-refractivity contribution in [3.8, 4) is 6.07 Å². The quantitative estimate of drug-likeness (QED) is 0.801. The molecule has 2 atom stereocenters. The van der Waals surface area contributed by atoms with Crippen LogP contribution in [0, 0.1) is 17.2 Å². The van der Waals surface area contributed by atoms with Crippen molar-refractivity contribution >= 4 is 11.5 Å². The first-order valence-electron chi connectivity index (χ1n) is 8.14. The molecule has 0 bridgehead atoms. The fourth-order valence-corrected chi connectivity index (χ4v) is 3.31. The fraction of sp³-hybridized carbons (Fsp3) is 0.263. The van der Waals surface area contributed by atoms with Crippen LogP contribution in [0.3, 0.4) is 0 Å². The molecule has 3 heterocycles. The second-order valence-corrected chi connectivity index (χ2v) is 5.98. The Morgan fingerprint density at radius 1 is 1.21 bits per heavy atom. The molecule has 120 valence electrons. The third-order valence-electron chi connectivity index (χ3n) is 4.51. The van der Waals surface area contributed by atoms with Gasteiger partial charge in [-0.15, -0.1) is 0 Å². The number of benzene rings is 1. The molecule has 24 heavy (non-hydrogen) atoms. The Hall–Kier alpha value is -2.84. The molecule has 0 amide bonds. The van der Waals surface area contributed by atoms with E-state index in [1.54, 1.807) is 0 Å². The molecular formula is C19H18N4O. The third-order valence-corrected chi connectivity index (χ3v) is 4.51. The van der Waals surface area contributed by atoms with Crippen LogP contribution >= 0.6 is 0 Å². The third kappa shape index (κ3) is 2.61. The number of ether oxygens (including phenoxy) is 1. The second-order valence-electron chi connectivity index (χ2n) is 5.98. The van der Waals surface area contributed by atoms with Crippen LogP contribution in [0.1, 0.15) is 23.8 Å². The normalized spacial score (nSPS) is 20.1. The first kappa shape index (κ1) is 14.7. The number of nitrogens with one attached hydrogen (secondary N) is 1. The van der Waals surface area contributed by atoms with E-state index in [1.165, 1.54) is 5.56 Å². The van der Waals surface area contributed by atoms with Crippen LogP contribution in [-0.2, 0) is 4.74 Å². The highest BCUT2D eigenvalue weighted by atomic mass is 16.5. The highest BCUT2D eigenvalue weighted by Gasteiger charge is 2.29. The van der Waals surface area contributed by atoms with Gasteiger partial charge in [-0.1, -0.05) is 36.4 Å². The number of aromatic nitrogens is 2. The summed E-state index contributed by atoms with van der Waals surface area (Å²) in [4.78, 5) is 4.53.